The van der Waals surface area contributed by atoms with Crippen molar-refractivity contribution in [1.82, 2.24) is 0 Å². The van der Waals surface area contributed by atoms with E-state index in [9.17, 15) is 40.0 Å². The Morgan fingerprint density at radius 3 is 1.55 bits per heavy atom. The lowest BCUT2D eigenvalue weighted by Crippen LogP contribution is -1.98. The minimum Gasteiger partial charge on any atom is -0.507 e. The molecule has 0 saturated heterocycles. The van der Waals surface area contributed by atoms with E-state index in [-0.39, 0.29) is 62.8 Å². The fourth-order valence-corrected chi connectivity index (χ4v) is 5.95. The first-order valence-corrected chi connectivity index (χ1v) is 12.1. The highest BCUT2D eigenvalue weighted by Gasteiger charge is 2.34. The van der Waals surface area contributed by atoms with Crippen molar-refractivity contribution >= 4 is 39.8 Å². The number of phenols is 5. The molecule has 1 aliphatic carbocycles. The number of hydrogen-bond donors (Lipinski definition) is 5. The average Bonchev–Trinajstić information content (AvgIpc) is 3.23. The lowest BCUT2D eigenvalue weighted by Gasteiger charge is -2.20. The van der Waals surface area contributed by atoms with Crippen molar-refractivity contribution in [3.63, 3.8) is 0 Å². The number of aldehydes is 2. The Kier molecular flexibility index (Phi) is 5.56. The second-order valence-electron chi connectivity index (χ2n) is 10.2. The highest BCUT2D eigenvalue weighted by atomic mass is 16.3. The maximum atomic E-state index is 12.1. The molecule has 0 fully saturated rings. The summed E-state index contributed by atoms with van der Waals surface area (Å²) in [5, 5.41) is 58.7. The van der Waals surface area contributed by atoms with Crippen LogP contribution in [-0.4, -0.2) is 38.1 Å². The Morgan fingerprint density at radius 2 is 1.13 bits per heavy atom. The van der Waals surface area contributed by atoms with Crippen LogP contribution in [0.2, 0.25) is 0 Å². The van der Waals surface area contributed by atoms with Crippen LogP contribution in [0.15, 0.2) is 17.3 Å². The smallest absolute Gasteiger partial charge is 0.169 e. The number of hydrogen-bond acceptors (Lipinski definition) is 9. The number of nitrogens with zero attached hydrogens (tertiary/aromatic N) is 1. The van der Waals surface area contributed by atoms with Crippen LogP contribution in [-0.2, 0) is 6.42 Å². The molecule has 5 rings (SSSR count). The van der Waals surface area contributed by atoms with Gasteiger partial charge in [0.2, 0.25) is 0 Å². The summed E-state index contributed by atoms with van der Waals surface area (Å²) in [5.74, 6) is -2.88. The predicted molar refractivity (Wildman–Crippen MR) is 142 cm³/mol. The third-order valence-electron chi connectivity index (χ3n) is 7.47. The molecule has 194 valence electrons. The Bertz CT molecular complexity index is 1750. The third kappa shape index (κ3) is 3.04. The monoisotopic (exact) mass is 515 g/mol. The van der Waals surface area contributed by atoms with E-state index in [2.05, 4.69) is 5.18 Å². The first-order chi connectivity index (χ1) is 18.0. The second-order valence-corrected chi connectivity index (χ2v) is 10.2. The first kappa shape index (κ1) is 25.0. The summed E-state index contributed by atoms with van der Waals surface area (Å²) in [6.45, 7) is 7.17. The zero-order chi connectivity index (χ0) is 27.8. The molecule has 4 aromatic rings. The van der Waals surface area contributed by atoms with E-state index in [0.29, 0.717) is 45.6 Å². The maximum Gasteiger partial charge on any atom is 0.169 e. The Hall–Kier alpha value is -4.66. The van der Waals surface area contributed by atoms with Gasteiger partial charge in [0.1, 0.15) is 17.2 Å². The zero-order valence-corrected chi connectivity index (χ0v) is 21.1. The van der Waals surface area contributed by atoms with Crippen LogP contribution in [0.1, 0.15) is 82.5 Å². The van der Waals surface area contributed by atoms with Gasteiger partial charge in [0.05, 0.1) is 11.1 Å². The highest BCUT2D eigenvalue weighted by Crippen LogP contribution is 2.57. The molecule has 9 heteroatoms. The van der Waals surface area contributed by atoms with E-state index in [1.54, 1.807) is 39.8 Å². The number of benzene rings is 4. The van der Waals surface area contributed by atoms with Crippen molar-refractivity contribution < 1.29 is 35.1 Å². The van der Waals surface area contributed by atoms with Gasteiger partial charge < -0.3 is 25.5 Å². The van der Waals surface area contributed by atoms with Gasteiger partial charge in [0.15, 0.2) is 29.8 Å². The number of aromatic hydroxyl groups is 5. The van der Waals surface area contributed by atoms with E-state index in [4.69, 9.17) is 0 Å². The summed E-state index contributed by atoms with van der Waals surface area (Å²) in [5.41, 5.74) is 1.16. The standard InChI is InChI=1S/C29H25NO8/c1-10(2)18-14-6-12-5-13-7-15-19(11(3)4)29(37)25(33)17(9-32)23(15)27(35)21(13)20(12)26(34)22(14)16(8-31)24(30-38)28(18)36/h6-11,33-37H,5H2,1-4H3. The molecule has 0 heterocycles. The van der Waals surface area contributed by atoms with Crippen molar-refractivity contribution in [3.05, 3.63) is 50.4 Å². The van der Waals surface area contributed by atoms with Gasteiger partial charge >= 0.3 is 0 Å². The lowest BCUT2D eigenvalue weighted by molar-refractivity contribution is 0.111. The molecule has 4 aromatic carbocycles. The lowest BCUT2D eigenvalue weighted by atomic mass is 9.86. The van der Waals surface area contributed by atoms with Gasteiger partial charge in [0.25, 0.3) is 0 Å². The number of rotatable bonds is 5. The van der Waals surface area contributed by atoms with Crippen LogP contribution in [0.3, 0.4) is 0 Å². The predicted octanol–water partition coefficient (Wildman–Crippen LogP) is 6.36. The maximum absolute atomic E-state index is 12.1. The van der Waals surface area contributed by atoms with Gasteiger partial charge in [-0.25, -0.2) is 0 Å². The van der Waals surface area contributed by atoms with Crippen molar-refractivity contribution in [2.75, 3.05) is 0 Å². The van der Waals surface area contributed by atoms with E-state index in [0.717, 1.165) is 0 Å². The van der Waals surface area contributed by atoms with Crippen molar-refractivity contribution in [3.8, 4) is 39.9 Å². The molecule has 0 bridgehead atoms. The molecular formula is C29H25NO8. The normalized spacial score (nSPS) is 12.4. The first-order valence-electron chi connectivity index (χ1n) is 12.1. The number of carbonyl (C=O) groups excluding carboxylic acids is 2. The van der Waals surface area contributed by atoms with Gasteiger partial charge in [-0.2, -0.15) is 0 Å². The van der Waals surface area contributed by atoms with Gasteiger partial charge in [-0.3, -0.25) is 9.59 Å². The number of phenolic OH excluding ortho intramolecular Hbond substituents is 5. The molecule has 0 aliphatic heterocycles. The van der Waals surface area contributed by atoms with E-state index in [1.165, 1.54) is 0 Å². The summed E-state index contributed by atoms with van der Waals surface area (Å²) < 4.78 is 0. The minimum absolute atomic E-state index is 0.00855. The van der Waals surface area contributed by atoms with Gasteiger partial charge in [0, 0.05) is 33.0 Å². The van der Waals surface area contributed by atoms with Crippen molar-refractivity contribution in [1.29, 1.82) is 0 Å². The minimum atomic E-state index is -0.658. The van der Waals surface area contributed by atoms with Crippen molar-refractivity contribution in [2.45, 2.75) is 46.0 Å². The molecule has 38 heavy (non-hydrogen) atoms. The Morgan fingerprint density at radius 1 is 0.684 bits per heavy atom. The number of carbonyl (C=O) groups is 2. The third-order valence-corrected chi connectivity index (χ3v) is 7.47. The summed E-state index contributed by atoms with van der Waals surface area (Å²) in [6, 6.07) is 3.40. The zero-order valence-electron chi connectivity index (χ0n) is 21.1. The summed E-state index contributed by atoms with van der Waals surface area (Å²) >= 11 is 0. The van der Waals surface area contributed by atoms with Crippen LogP contribution < -0.4 is 0 Å². The van der Waals surface area contributed by atoms with Crippen LogP contribution in [0.4, 0.5) is 5.69 Å². The quantitative estimate of drug-likeness (QED) is 0.102. The van der Waals surface area contributed by atoms with Crippen LogP contribution in [0, 0.1) is 4.91 Å². The van der Waals surface area contributed by atoms with Gasteiger partial charge in [-0.1, -0.05) is 27.7 Å². The molecule has 0 saturated carbocycles. The summed E-state index contributed by atoms with van der Waals surface area (Å²) in [6.07, 6.45) is 0.926. The Labute approximate surface area is 216 Å². The van der Waals surface area contributed by atoms with Crippen LogP contribution >= 0.6 is 0 Å². The fourth-order valence-electron chi connectivity index (χ4n) is 5.95. The van der Waals surface area contributed by atoms with Gasteiger partial charge in [-0.05, 0) is 57.5 Å². The van der Waals surface area contributed by atoms with Crippen LogP contribution in [0.5, 0.6) is 28.7 Å². The van der Waals surface area contributed by atoms with E-state index < -0.39 is 22.9 Å². The number of nitroso groups, excluding NO2 is 1. The average molecular weight is 516 g/mol. The van der Waals surface area contributed by atoms with Crippen molar-refractivity contribution in [2.24, 2.45) is 5.18 Å². The molecule has 0 amide bonds. The molecule has 0 atom stereocenters. The topological polar surface area (TPSA) is 165 Å². The highest BCUT2D eigenvalue weighted by molar-refractivity contribution is 6.16. The molecule has 9 nitrogen and oxygen atoms in total. The van der Waals surface area contributed by atoms with E-state index in [1.807, 2.05) is 0 Å². The fraction of sp³-hybridized carbons (Fsp3) is 0.241. The van der Waals surface area contributed by atoms with E-state index >= 15 is 0 Å². The summed E-state index contributed by atoms with van der Waals surface area (Å²) in [7, 11) is 0. The SMILES string of the molecule is CC(C)c1c(O)c(O)c(C=O)c2c(O)c3c(cc12)Cc1cc2c(C(C)C)c(O)c(N=O)c(C=O)c2c(O)c1-3. The largest absolute Gasteiger partial charge is 0.507 e. The molecule has 0 radical (unpaired) electrons. The molecule has 0 aromatic heterocycles. The molecule has 5 N–H and O–H groups in total. The van der Waals surface area contributed by atoms with Crippen LogP contribution in [0.25, 0.3) is 32.7 Å². The molecule has 0 unspecified atom stereocenters. The second kappa shape index (κ2) is 8.44. The van der Waals surface area contributed by atoms with Gasteiger partial charge in [-0.15, -0.1) is 4.91 Å². The molecule has 1 aliphatic rings. The molecular weight excluding hydrogens is 490 g/mol. The number of fused-ring (bicyclic) bond motifs is 5. The Balaban J connectivity index is 2.00. The summed E-state index contributed by atoms with van der Waals surface area (Å²) in [4.78, 5) is 35.7. The molecule has 0 spiro atoms.